The number of benzene rings is 1. The monoisotopic (exact) mass is 270 g/mol. The van der Waals surface area contributed by atoms with Crippen molar-refractivity contribution in [1.29, 1.82) is 0 Å². The number of hydrogen-bond donors (Lipinski definition) is 2. The summed E-state index contributed by atoms with van der Waals surface area (Å²) in [6.07, 6.45) is 0. The third-order valence-electron chi connectivity index (χ3n) is 2.62. The van der Waals surface area contributed by atoms with Crippen LogP contribution in [0.2, 0.25) is 0 Å². The van der Waals surface area contributed by atoms with Crippen molar-refractivity contribution in [3.05, 3.63) is 48.2 Å². The van der Waals surface area contributed by atoms with E-state index in [0.29, 0.717) is 17.4 Å². The normalized spacial score (nSPS) is 10.3. The van der Waals surface area contributed by atoms with Crippen LogP contribution in [0.5, 0.6) is 0 Å². The largest absolute Gasteiger partial charge is 0.368 e. The summed E-state index contributed by atoms with van der Waals surface area (Å²) in [7, 11) is 0. The van der Waals surface area contributed by atoms with Crippen molar-refractivity contribution in [2.75, 3.05) is 17.2 Å². The summed E-state index contributed by atoms with van der Waals surface area (Å²) >= 11 is 0. The molecule has 2 aromatic rings. The first-order valence-corrected chi connectivity index (χ1v) is 6.59. The molecular formula is C15H18N4O. The van der Waals surface area contributed by atoms with Crippen molar-refractivity contribution >= 4 is 17.4 Å². The van der Waals surface area contributed by atoms with E-state index in [9.17, 15) is 4.79 Å². The van der Waals surface area contributed by atoms with Gasteiger partial charge in [0.15, 0.2) is 5.69 Å². The third kappa shape index (κ3) is 4.05. The SMILES string of the molecule is CC(C)CNc1ccc(C(=O)Nc2ccccc2)nn1. The molecule has 0 saturated heterocycles. The van der Waals surface area contributed by atoms with Crippen LogP contribution in [0.25, 0.3) is 0 Å². The number of aromatic nitrogens is 2. The Labute approximate surface area is 118 Å². The zero-order valence-corrected chi connectivity index (χ0v) is 11.6. The molecule has 0 aliphatic heterocycles. The van der Waals surface area contributed by atoms with Gasteiger partial charge in [-0.25, -0.2) is 0 Å². The van der Waals surface area contributed by atoms with Gasteiger partial charge in [-0.1, -0.05) is 32.0 Å². The maximum absolute atomic E-state index is 12.0. The second-order valence-electron chi connectivity index (χ2n) is 4.90. The standard InChI is InChI=1S/C15H18N4O/c1-11(2)10-16-14-9-8-13(18-19-14)15(20)17-12-6-4-3-5-7-12/h3-9,11H,10H2,1-2H3,(H,16,19)(H,17,20). The van der Waals surface area contributed by atoms with Crippen molar-refractivity contribution in [3.63, 3.8) is 0 Å². The summed E-state index contributed by atoms with van der Waals surface area (Å²) in [4.78, 5) is 12.0. The Kier molecular flexibility index (Phi) is 4.65. The predicted molar refractivity (Wildman–Crippen MR) is 79.8 cm³/mol. The molecule has 0 radical (unpaired) electrons. The fourth-order valence-electron chi connectivity index (χ4n) is 1.57. The average Bonchev–Trinajstić information content (AvgIpc) is 2.46. The zero-order valence-electron chi connectivity index (χ0n) is 11.6. The molecule has 1 heterocycles. The second-order valence-corrected chi connectivity index (χ2v) is 4.90. The highest BCUT2D eigenvalue weighted by atomic mass is 16.1. The Bertz CT molecular complexity index is 552. The minimum absolute atomic E-state index is 0.265. The van der Waals surface area contributed by atoms with Crippen LogP contribution in [0, 0.1) is 5.92 Å². The zero-order chi connectivity index (χ0) is 14.4. The highest BCUT2D eigenvalue weighted by molar-refractivity contribution is 6.02. The Balaban J connectivity index is 1.97. The smallest absolute Gasteiger partial charge is 0.276 e. The lowest BCUT2D eigenvalue weighted by molar-refractivity contribution is 0.102. The number of hydrogen-bond acceptors (Lipinski definition) is 4. The number of nitrogens with one attached hydrogen (secondary N) is 2. The third-order valence-corrected chi connectivity index (χ3v) is 2.62. The van der Waals surface area contributed by atoms with Crippen LogP contribution in [-0.2, 0) is 0 Å². The number of carbonyl (C=O) groups is 1. The number of anilines is 2. The molecule has 0 saturated carbocycles. The van der Waals surface area contributed by atoms with Crippen LogP contribution in [-0.4, -0.2) is 22.6 Å². The minimum atomic E-state index is -0.265. The molecule has 0 aliphatic carbocycles. The maximum Gasteiger partial charge on any atom is 0.276 e. The average molecular weight is 270 g/mol. The molecule has 20 heavy (non-hydrogen) atoms. The number of rotatable bonds is 5. The Morgan fingerprint density at radius 1 is 1.10 bits per heavy atom. The van der Waals surface area contributed by atoms with Crippen molar-refractivity contribution < 1.29 is 4.79 Å². The summed E-state index contributed by atoms with van der Waals surface area (Å²) in [5.41, 5.74) is 1.03. The van der Waals surface area contributed by atoms with Crippen LogP contribution in [0.15, 0.2) is 42.5 Å². The first kappa shape index (κ1) is 14.0. The minimum Gasteiger partial charge on any atom is -0.368 e. The van der Waals surface area contributed by atoms with Crippen LogP contribution in [0.4, 0.5) is 11.5 Å². The van der Waals surface area contributed by atoms with Gasteiger partial charge < -0.3 is 10.6 Å². The molecule has 2 N–H and O–H groups in total. The van der Waals surface area contributed by atoms with Gasteiger partial charge in [0.25, 0.3) is 5.91 Å². The molecule has 1 amide bonds. The van der Waals surface area contributed by atoms with Gasteiger partial charge in [-0.2, -0.15) is 0 Å². The molecule has 0 bridgehead atoms. The molecule has 5 nitrogen and oxygen atoms in total. The van der Waals surface area contributed by atoms with Gasteiger partial charge in [0.2, 0.25) is 0 Å². The second kappa shape index (κ2) is 6.65. The van der Waals surface area contributed by atoms with E-state index in [1.54, 1.807) is 12.1 Å². The van der Waals surface area contributed by atoms with E-state index in [1.807, 2.05) is 30.3 Å². The lowest BCUT2D eigenvalue weighted by atomic mass is 10.2. The van der Waals surface area contributed by atoms with Crippen LogP contribution in [0.1, 0.15) is 24.3 Å². The first-order chi connectivity index (χ1) is 9.65. The number of carbonyl (C=O) groups excluding carboxylic acids is 1. The molecule has 1 aromatic heterocycles. The van der Waals surface area contributed by atoms with Crippen molar-refractivity contribution in [2.45, 2.75) is 13.8 Å². The molecule has 2 rings (SSSR count). The Morgan fingerprint density at radius 3 is 2.45 bits per heavy atom. The summed E-state index contributed by atoms with van der Waals surface area (Å²) < 4.78 is 0. The highest BCUT2D eigenvalue weighted by Gasteiger charge is 2.08. The van der Waals surface area contributed by atoms with E-state index >= 15 is 0 Å². The van der Waals surface area contributed by atoms with Crippen molar-refractivity contribution in [2.24, 2.45) is 5.92 Å². The van der Waals surface area contributed by atoms with Gasteiger partial charge in [0.1, 0.15) is 5.82 Å². The summed E-state index contributed by atoms with van der Waals surface area (Å²) in [5, 5.41) is 13.8. The summed E-state index contributed by atoms with van der Waals surface area (Å²) in [6.45, 7) is 5.05. The highest BCUT2D eigenvalue weighted by Crippen LogP contribution is 2.08. The van der Waals surface area contributed by atoms with Gasteiger partial charge in [-0.05, 0) is 30.2 Å². The van der Waals surface area contributed by atoms with E-state index < -0.39 is 0 Å². The van der Waals surface area contributed by atoms with Gasteiger partial charge in [-0.3, -0.25) is 4.79 Å². The predicted octanol–water partition coefficient (Wildman–Crippen LogP) is 2.80. The van der Waals surface area contributed by atoms with Gasteiger partial charge >= 0.3 is 0 Å². The van der Waals surface area contributed by atoms with Gasteiger partial charge in [0.05, 0.1) is 0 Å². The number of nitrogens with zero attached hydrogens (tertiary/aromatic N) is 2. The molecule has 5 heteroatoms. The molecule has 1 aromatic carbocycles. The number of amides is 1. The van der Waals surface area contributed by atoms with Crippen LogP contribution < -0.4 is 10.6 Å². The molecule has 0 spiro atoms. The summed E-state index contributed by atoms with van der Waals surface area (Å²) in [5.74, 6) is 0.937. The quantitative estimate of drug-likeness (QED) is 0.876. The van der Waals surface area contributed by atoms with Gasteiger partial charge in [0, 0.05) is 12.2 Å². The summed E-state index contributed by atoms with van der Waals surface area (Å²) in [6, 6.07) is 12.7. The van der Waals surface area contributed by atoms with E-state index in [-0.39, 0.29) is 5.91 Å². The fraction of sp³-hybridized carbons (Fsp3) is 0.267. The van der Waals surface area contributed by atoms with E-state index in [2.05, 4.69) is 34.7 Å². The fourth-order valence-corrected chi connectivity index (χ4v) is 1.57. The Hall–Kier alpha value is -2.43. The molecule has 0 fully saturated rings. The lowest BCUT2D eigenvalue weighted by Crippen LogP contribution is -2.15. The lowest BCUT2D eigenvalue weighted by Gasteiger charge is -2.08. The van der Waals surface area contributed by atoms with E-state index in [1.165, 1.54) is 0 Å². The molecule has 104 valence electrons. The molecule has 0 unspecified atom stereocenters. The molecule has 0 aliphatic rings. The van der Waals surface area contributed by atoms with Crippen LogP contribution in [0.3, 0.4) is 0 Å². The van der Waals surface area contributed by atoms with E-state index in [0.717, 1.165) is 12.2 Å². The van der Waals surface area contributed by atoms with Crippen LogP contribution >= 0.6 is 0 Å². The van der Waals surface area contributed by atoms with Gasteiger partial charge in [-0.15, -0.1) is 10.2 Å². The molecular weight excluding hydrogens is 252 g/mol. The van der Waals surface area contributed by atoms with E-state index in [4.69, 9.17) is 0 Å². The first-order valence-electron chi connectivity index (χ1n) is 6.59. The van der Waals surface area contributed by atoms with Crippen molar-refractivity contribution in [1.82, 2.24) is 10.2 Å². The van der Waals surface area contributed by atoms with Crippen molar-refractivity contribution in [3.8, 4) is 0 Å². The maximum atomic E-state index is 12.0. The number of para-hydroxylation sites is 1. The molecule has 0 atom stereocenters. The topological polar surface area (TPSA) is 66.9 Å². The Morgan fingerprint density at radius 2 is 1.85 bits per heavy atom.